The van der Waals surface area contributed by atoms with Gasteiger partial charge in [0.25, 0.3) is 5.91 Å². The molecule has 0 aliphatic heterocycles. The maximum absolute atomic E-state index is 11.9. The van der Waals surface area contributed by atoms with Gasteiger partial charge in [-0.05, 0) is 23.8 Å². The second-order valence-corrected chi connectivity index (χ2v) is 7.07. The van der Waals surface area contributed by atoms with Crippen LogP contribution < -0.4 is 10.0 Å². The molecule has 0 saturated carbocycles. The first-order valence-corrected chi connectivity index (χ1v) is 8.90. The van der Waals surface area contributed by atoms with Gasteiger partial charge in [0.1, 0.15) is 0 Å². The molecule has 0 atom stereocenters. The number of hydrogen-bond donors (Lipinski definition) is 2. The highest BCUT2D eigenvalue weighted by Crippen LogP contribution is 2.14. The van der Waals surface area contributed by atoms with Gasteiger partial charge in [0.15, 0.2) is 0 Å². The van der Waals surface area contributed by atoms with E-state index in [9.17, 15) is 13.2 Å². The number of sulfonamides is 1. The number of nitrogens with zero attached hydrogens (tertiary/aromatic N) is 1. The number of amides is 1. The Morgan fingerprint density at radius 3 is 2.65 bits per heavy atom. The lowest BCUT2D eigenvalue weighted by atomic mass is 10.2. The summed E-state index contributed by atoms with van der Waals surface area (Å²) in [4.78, 5) is 15.8. The van der Waals surface area contributed by atoms with Crippen molar-refractivity contribution >= 4 is 27.5 Å². The average molecular weight is 354 g/mol. The summed E-state index contributed by atoms with van der Waals surface area (Å²) in [5.74, 6) is -0.623. The van der Waals surface area contributed by atoms with Gasteiger partial charge in [0, 0.05) is 25.5 Å². The smallest absolute Gasteiger partial charge is 0.252 e. The predicted octanol–water partition coefficient (Wildman–Crippen LogP) is 1.58. The molecule has 122 valence electrons. The zero-order chi connectivity index (χ0) is 16.7. The molecule has 0 bridgehead atoms. The van der Waals surface area contributed by atoms with Crippen molar-refractivity contribution in [2.75, 3.05) is 12.3 Å². The summed E-state index contributed by atoms with van der Waals surface area (Å²) in [7, 11) is -3.49. The molecule has 6 nitrogen and oxygen atoms in total. The van der Waals surface area contributed by atoms with E-state index >= 15 is 0 Å². The third-order valence-corrected chi connectivity index (χ3v) is 4.65. The maximum atomic E-state index is 11.9. The van der Waals surface area contributed by atoms with Crippen molar-refractivity contribution in [3.63, 3.8) is 0 Å². The minimum Gasteiger partial charge on any atom is -0.351 e. The van der Waals surface area contributed by atoms with Crippen molar-refractivity contribution in [3.8, 4) is 0 Å². The first-order chi connectivity index (χ1) is 11.0. The molecule has 2 rings (SSSR count). The van der Waals surface area contributed by atoms with Crippen LogP contribution in [0.15, 0.2) is 48.8 Å². The molecule has 0 fully saturated rings. The third-order valence-electron chi connectivity index (χ3n) is 2.99. The maximum Gasteiger partial charge on any atom is 0.252 e. The number of hydrogen-bond acceptors (Lipinski definition) is 4. The molecule has 0 aliphatic carbocycles. The lowest BCUT2D eigenvalue weighted by Gasteiger charge is -2.08. The summed E-state index contributed by atoms with van der Waals surface area (Å²) in [5, 5.41) is 2.86. The van der Waals surface area contributed by atoms with Crippen molar-refractivity contribution in [3.05, 3.63) is 64.9 Å². The summed E-state index contributed by atoms with van der Waals surface area (Å²) in [6.45, 7) is 0.154. The standard InChI is InChI=1S/C15H16ClN3O3S/c16-14-6-2-1-5-13(14)15(20)18-8-9-23(21,22)19-11-12-4-3-7-17-10-12/h1-7,10,19H,8-9,11H2,(H,18,20). The number of carbonyl (C=O) groups excluding carboxylic acids is 1. The number of rotatable bonds is 7. The van der Waals surface area contributed by atoms with Crippen LogP contribution in [-0.2, 0) is 16.6 Å². The fraction of sp³-hybridized carbons (Fsp3) is 0.200. The Bertz CT molecular complexity index is 767. The van der Waals surface area contributed by atoms with Gasteiger partial charge in [-0.2, -0.15) is 0 Å². The van der Waals surface area contributed by atoms with Gasteiger partial charge in [0.2, 0.25) is 10.0 Å². The highest BCUT2D eigenvalue weighted by Gasteiger charge is 2.13. The zero-order valence-electron chi connectivity index (χ0n) is 12.2. The van der Waals surface area contributed by atoms with Crippen LogP contribution in [0, 0.1) is 0 Å². The number of nitrogens with one attached hydrogen (secondary N) is 2. The van der Waals surface area contributed by atoms with Crippen LogP contribution in [0.3, 0.4) is 0 Å². The molecule has 1 aromatic heterocycles. The van der Waals surface area contributed by atoms with Crippen LogP contribution in [-0.4, -0.2) is 31.6 Å². The monoisotopic (exact) mass is 353 g/mol. The van der Waals surface area contributed by atoms with Gasteiger partial charge < -0.3 is 5.32 Å². The van der Waals surface area contributed by atoms with E-state index in [2.05, 4.69) is 15.0 Å². The molecule has 0 saturated heterocycles. The highest BCUT2D eigenvalue weighted by atomic mass is 35.5. The van der Waals surface area contributed by atoms with Crippen LogP contribution in [0.2, 0.25) is 5.02 Å². The Hall–Kier alpha value is -1.96. The Kier molecular flexibility index (Phi) is 6.09. The number of halogens is 1. The molecule has 1 aromatic carbocycles. The van der Waals surface area contributed by atoms with E-state index < -0.39 is 15.9 Å². The Balaban J connectivity index is 1.81. The molecule has 2 N–H and O–H groups in total. The van der Waals surface area contributed by atoms with E-state index in [1.807, 2.05) is 0 Å². The van der Waals surface area contributed by atoms with Crippen LogP contribution in [0.25, 0.3) is 0 Å². The van der Waals surface area contributed by atoms with Crippen molar-refractivity contribution in [2.24, 2.45) is 0 Å². The van der Waals surface area contributed by atoms with E-state index in [4.69, 9.17) is 11.6 Å². The molecular weight excluding hydrogens is 338 g/mol. The molecule has 2 aromatic rings. The van der Waals surface area contributed by atoms with Gasteiger partial charge in [-0.3, -0.25) is 9.78 Å². The molecule has 0 unspecified atom stereocenters. The van der Waals surface area contributed by atoms with Gasteiger partial charge in [-0.25, -0.2) is 13.1 Å². The van der Waals surface area contributed by atoms with Gasteiger partial charge in [-0.1, -0.05) is 29.8 Å². The average Bonchev–Trinajstić information content (AvgIpc) is 2.54. The molecule has 23 heavy (non-hydrogen) atoms. The molecule has 0 radical (unpaired) electrons. The fourth-order valence-electron chi connectivity index (χ4n) is 1.81. The van der Waals surface area contributed by atoms with E-state index in [1.165, 1.54) is 0 Å². The van der Waals surface area contributed by atoms with Crippen molar-refractivity contribution in [1.82, 2.24) is 15.0 Å². The minimum absolute atomic E-state index is 0.00751. The topological polar surface area (TPSA) is 88.2 Å². The molecular formula is C15H16ClN3O3S. The van der Waals surface area contributed by atoms with E-state index in [0.29, 0.717) is 10.6 Å². The summed E-state index contributed by atoms with van der Waals surface area (Å²) in [5.41, 5.74) is 1.08. The first-order valence-electron chi connectivity index (χ1n) is 6.87. The summed E-state index contributed by atoms with van der Waals surface area (Å²) >= 11 is 5.91. The number of aromatic nitrogens is 1. The Morgan fingerprint density at radius 2 is 1.96 bits per heavy atom. The molecule has 8 heteroatoms. The zero-order valence-corrected chi connectivity index (χ0v) is 13.8. The van der Waals surface area contributed by atoms with Gasteiger partial charge in [-0.15, -0.1) is 0 Å². The van der Waals surface area contributed by atoms with E-state index in [1.54, 1.807) is 48.8 Å². The Morgan fingerprint density at radius 1 is 1.17 bits per heavy atom. The van der Waals surface area contributed by atoms with E-state index in [-0.39, 0.29) is 18.8 Å². The van der Waals surface area contributed by atoms with Crippen LogP contribution in [0.5, 0.6) is 0 Å². The normalized spacial score (nSPS) is 11.2. The van der Waals surface area contributed by atoms with Crippen LogP contribution in [0.1, 0.15) is 15.9 Å². The lowest BCUT2D eigenvalue weighted by Crippen LogP contribution is -2.34. The second-order valence-electron chi connectivity index (χ2n) is 4.74. The lowest BCUT2D eigenvalue weighted by molar-refractivity contribution is 0.0956. The second kappa shape index (κ2) is 8.05. The quantitative estimate of drug-likeness (QED) is 0.791. The molecule has 0 spiro atoms. The van der Waals surface area contributed by atoms with Gasteiger partial charge >= 0.3 is 0 Å². The van der Waals surface area contributed by atoms with Crippen molar-refractivity contribution < 1.29 is 13.2 Å². The van der Waals surface area contributed by atoms with Gasteiger partial charge in [0.05, 0.1) is 16.3 Å². The predicted molar refractivity (Wildman–Crippen MR) is 88.6 cm³/mol. The summed E-state index contributed by atoms with van der Waals surface area (Å²) < 4.78 is 26.2. The third kappa shape index (κ3) is 5.63. The molecule has 0 aliphatic rings. The number of carbonyl (C=O) groups is 1. The largest absolute Gasteiger partial charge is 0.351 e. The number of pyridine rings is 1. The summed E-state index contributed by atoms with van der Waals surface area (Å²) in [6, 6.07) is 10.1. The SMILES string of the molecule is O=C(NCCS(=O)(=O)NCc1cccnc1)c1ccccc1Cl. The van der Waals surface area contributed by atoms with Crippen LogP contribution in [0.4, 0.5) is 0 Å². The number of benzene rings is 1. The minimum atomic E-state index is -3.49. The van der Waals surface area contributed by atoms with E-state index in [0.717, 1.165) is 5.56 Å². The fourth-order valence-corrected chi connectivity index (χ4v) is 2.93. The van der Waals surface area contributed by atoms with Crippen LogP contribution >= 0.6 is 11.6 Å². The molecule has 1 amide bonds. The first kappa shape index (κ1) is 17.4. The molecule has 1 heterocycles. The highest BCUT2D eigenvalue weighted by molar-refractivity contribution is 7.89. The van der Waals surface area contributed by atoms with Crippen molar-refractivity contribution in [1.29, 1.82) is 0 Å². The Labute approximate surface area is 139 Å². The summed E-state index contributed by atoms with van der Waals surface area (Å²) in [6.07, 6.45) is 3.20. The van der Waals surface area contributed by atoms with Crippen molar-refractivity contribution in [2.45, 2.75) is 6.54 Å².